The first-order valence-electron chi connectivity index (χ1n) is 9.52. The van der Waals surface area contributed by atoms with Crippen molar-refractivity contribution in [2.75, 3.05) is 50.6 Å². The standard InChI is InChI=1S/C21H26N4O2/c1-24-10-12-25(13-11-24)16-7-9-19(22-14-16)23-21(26)17-8-6-15-4-3-5-18(27-2)20(15)17/h3-5,7,9,14,17H,6,8,10-13H2,1-2H3,(H,22,23,26). The number of nitrogens with zero attached hydrogens (tertiary/aromatic N) is 3. The number of benzene rings is 1. The fourth-order valence-electron chi connectivity index (χ4n) is 4.01. The lowest BCUT2D eigenvalue weighted by Crippen LogP contribution is -2.44. The summed E-state index contributed by atoms with van der Waals surface area (Å²) < 4.78 is 5.47. The molecule has 0 radical (unpaired) electrons. The maximum absolute atomic E-state index is 12.8. The van der Waals surface area contributed by atoms with Crippen LogP contribution >= 0.6 is 0 Å². The van der Waals surface area contributed by atoms with Crippen molar-refractivity contribution >= 4 is 17.4 Å². The Kier molecular flexibility index (Phi) is 4.99. The third kappa shape index (κ3) is 3.62. The summed E-state index contributed by atoms with van der Waals surface area (Å²) in [4.78, 5) is 22.0. The number of amides is 1. The van der Waals surface area contributed by atoms with Gasteiger partial charge in [0.2, 0.25) is 5.91 Å². The topological polar surface area (TPSA) is 57.7 Å². The molecule has 1 aromatic carbocycles. The van der Waals surface area contributed by atoms with E-state index in [-0.39, 0.29) is 11.8 Å². The van der Waals surface area contributed by atoms with E-state index in [9.17, 15) is 4.79 Å². The molecule has 0 spiro atoms. The van der Waals surface area contributed by atoms with Crippen LogP contribution < -0.4 is 15.0 Å². The van der Waals surface area contributed by atoms with Crippen molar-refractivity contribution in [3.63, 3.8) is 0 Å². The third-order valence-corrected chi connectivity index (χ3v) is 5.61. The molecule has 1 aliphatic carbocycles. The smallest absolute Gasteiger partial charge is 0.233 e. The van der Waals surface area contributed by atoms with Crippen LogP contribution in [0.25, 0.3) is 0 Å². The predicted octanol–water partition coefficient (Wildman–Crippen LogP) is 2.51. The van der Waals surface area contributed by atoms with Gasteiger partial charge in [0.25, 0.3) is 0 Å². The second-order valence-electron chi connectivity index (χ2n) is 7.31. The number of aryl methyl sites for hydroxylation is 1. The van der Waals surface area contributed by atoms with Crippen molar-refractivity contribution in [2.45, 2.75) is 18.8 Å². The van der Waals surface area contributed by atoms with E-state index in [1.165, 1.54) is 5.56 Å². The molecule has 6 nitrogen and oxygen atoms in total. The highest BCUT2D eigenvalue weighted by atomic mass is 16.5. The largest absolute Gasteiger partial charge is 0.496 e. The van der Waals surface area contributed by atoms with Crippen molar-refractivity contribution < 1.29 is 9.53 Å². The minimum absolute atomic E-state index is 0.0157. The van der Waals surface area contributed by atoms with E-state index in [1.807, 2.05) is 30.5 Å². The van der Waals surface area contributed by atoms with Gasteiger partial charge in [-0.2, -0.15) is 0 Å². The van der Waals surface area contributed by atoms with E-state index in [2.05, 4.69) is 33.2 Å². The fourth-order valence-corrected chi connectivity index (χ4v) is 4.01. The normalized spacial score (nSPS) is 19.6. The lowest BCUT2D eigenvalue weighted by molar-refractivity contribution is -0.117. The van der Waals surface area contributed by atoms with Crippen LogP contribution in [-0.2, 0) is 11.2 Å². The molecule has 1 aromatic heterocycles. The average molecular weight is 366 g/mol. The van der Waals surface area contributed by atoms with Crippen LogP contribution in [0.1, 0.15) is 23.5 Å². The summed E-state index contributed by atoms with van der Waals surface area (Å²) in [6.07, 6.45) is 3.56. The SMILES string of the molecule is COc1cccc2c1C(C(=O)Nc1ccc(N3CCN(C)CC3)cn1)CC2. The van der Waals surface area contributed by atoms with Crippen LogP contribution in [0, 0.1) is 0 Å². The van der Waals surface area contributed by atoms with E-state index in [0.717, 1.165) is 56.0 Å². The number of hydrogen-bond acceptors (Lipinski definition) is 5. The van der Waals surface area contributed by atoms with Crippen molar-refractivity contribution in [1.29, 1.82) is 0 Å². The van der Waals surface area contributed by atoms with E-state index in [1.54, 1.807) is 7.11 Å². The van der Waals surface area contributed by atoms with E-state index in [4.69, 9.17) is 4.74 Å². The van der Waals surface area contributed by atoms with Gasteiger partial charge in [0, 0.05) is 31.7 Å². The molecular formula is C21H26N4O2. The Morgan fingerprint density at radius 3 is 2.70 bits per heavy atom. The zero-order chi connectivity index (χ0) is 18.8. The summed E-state index contributed by atoms with van der Waals surface area (Å²) in [6, 6.07) is 9.92. The second kappa shape index (κ2) is 7.56. The van der Waals surface area contributed by atoms with Crippen molar-refractivity contribution in [3.05, 3.63) is 47.7 Å². The highest BCUT2D eigenvalue weighted by molar-refractivity contribution is 5.96. The van der Waals surface area contributed by atoms with Gasteiger partial charge in [-0.1, -0.05) is 12.1 Å². The van der Waals surface area contributed by atoms with Gasteiger partial charge in [0.1, 0.15) is 11.6 Å². The lowest BCUT2D eigenvalue weighted by atomic mass is 9.99. The fraction of sp³-hybridized carbons (Fsp3) is 0.429. The van der Waals surface area contributed by atoms with Crippen LogP contribution in [-0.4, -0.2) is 56.1 Å². The van der Waals surface area contributed by atoms with Gasteiger partial charge in [-0.25, -0.2) is 4.98 Å². The Morgan fingerprint density at radius 2 is 2.00 bits per heavy atom. The molecule has 1 N–H and O–H groups in total. The molecule has 1 saturated heterocycles. The molecule has 0 bridgehead atoms. The number of piperazine rings is 1. The molecule has 4 rings (SSSR count). The molecule has 2 aliphatic rings. The van der Waals surface area contributed by atoms with Gasteiger partial charge in [0.15, 0.2) is 0 Å². The summed E-state index contributed by atoms with van der Waals surface area (Å²) in [6.45, 7) is 4.12. The number of aromatic nitrogens is 1. The molecule has 142 valence electrons. The number of carbonyl (C=O) groups excluding carboxylic acids is 1. The Bertz CT molecular complexity index is 813. The average Bonchev–Trinajstić information content (AvgIpc) is 3.14. The maximum atomic E-state index is 12.8. The van der Waals surface area contributed by atoms with Crippen LogP contribution in [0.15, 0.2) is 36.5 Å². The monoisotopic (exact) mass is 366 g/mol. The number of hydrogen-bond donors (Lipinski definition) is 1. The van der Waals surface area contributed by atoms with E-state index < -0.39 is 0 Å². The summed E-state index contributed by atoms with van der Waals surface area (Å²) >= 11 is 0. The first-order valence-corrected chi connectivity index (χ1v) is 9.52. The molecule has 1 amide bonds. The number of ether oxygens (including phenoxy) is 1. The lowest BCUT2D eigenvalue weighted by Gasteiger charge is -2.33. The Hall–Kier alpha value is -2.60. The number of rotatable bonds is 4. The van der Waals surface area contributed by atoms with Gasteiger partial charge in [-0.05, 0) is 43.7 Å². The Morgan fingerprint density at radius 1 is 1.19 bits per heavy atom. The van der Waals surface area contributed by atoms with Gasteiger partial charge >= 0.3 is 0 Å². The maximum Gasteiger partial charge on any atom is 0.233 e. The first kappa shape index (κ1) is 17.8. The van der Waals surface area contributed by atoms with E-state index >= 15 is 0 Å². The van der Waals surface area contributed by atoms with Crippen LogP contribution in [0.4, 0.5) is 11.5 Å². The predicted molar refractivity (Wildman–Crippen MR) is 107 cm³/mol. The Balaban J connectivity index is 1.44. The first-order chi connectivity index (χ1) is 13.2. The molecule has 2 aromatic rings. The molecule has 1 aliphatic heterocycles. The molecule has 1 atom stereocenters. The minimum atomic E-state index is -0.185. The second-order valence-corrected chi connectivity index (χ2v) is 7.31. The molecule has 2 heterocycles. The van der Waals surface area contributed by atoms with Crippen molar-refractivity contribution in [1.82, 2.24) is 9.88 Å². The number of methoxy groups -OCH3 is 1. The van der Waals surface area contributed by atoms with Crippen LogP contribution in [0.2, 0.25) is 0 Å². The number of anilines is 2. The van der Waals surface area contributed by atoms with E-state index in [0.29, 0.717) is 5.82 Å². The molecule has 0 saturated carbocycles. The number of carbonyl (C=O) groups is 1. The van der Waals surface area contributed by atoms with Gasteiger partial charge < -0.3 is 19.9 Å². The summed E-state index contributed by atoms with van der Waals surface area (Å²) in [5.74, 6) is 1.19. The quantitative estimate of drug-likeness (QED) is 0.901. The van der Waals surface area contributed by atoms with Crippen LogP contribution in [0.5, 0.6) is 5.75 Å². The molecule has 1 unspecified atom stereocenters. The number of nitrogens with one attached hydrogen (secondary N) is 1. The molecule has 6 heteroatoms. The third-order valence-electron chi connectivity index (χ3n) is 5.61. The van der Waals surface area contributed by atoms with Crippen LogP contribution in [0.3, 0.4) is 0 Å². The highest BCUT2D eigenvalue weighted by Crippen LogP contribution is 2.39. The van der Waals surface area contributed by atoms with Crippen molar-refractivity contribution in [2.24, 2.45) is 0 Å². The zero-order valence-corrected chi connectivity index (χ0v) is 15.9. The van der Waals surface area contributed by atoms with Gasteiger partial charge in [-0.3, -0.25) is 4.79 Å². The number of pyridine rings is 1. The number of fused-ring (bicyclic) bond motifs is 1. The summed E-state index contributed by atoms with van der Waals surface area (Å²) in [5, 5.41) is 2.98. The summed E-state index contributed by atoms with van der Waals surface area (Å²) in [7, 11) is 3.80. The van der Waals surface area contributed by atoms with Gasteiger partial charge in [-0.15, -0.1) is 0 Å². The summed E-state index contributed by atoms with van der Waals surface area (Å²) in [5.41, 5.74) is 3.33. The molecule has 27 heavy (non-hydrogen) atoms. The van der Waals surface area contributed by atoms with Gasteiger partial charge in [0.05, 0.1) is 24.9 Å². The zero-order valence-electron chi connectivity index (χ0n) is 15.9. The molecular weight excluding hydrogens is 340 g/mol. The molecule has 1 fully saturated rings. The number of likely N-dealkylation sites (N-methyl/N-ethyl adjacent to an activating group) is 1. The van der Waals surface area contributed by atoms with Crippen molar-refractivity contribution in [3.8, 4) is 5.75 Å². The highest BCUT2D eigenvalue weighted by Gasteiger charge is 2.31. The minimum Gasteiger partial charge on any atom is -0.496 e. The Labute approximate surface area is 160 Å².